The van der Waals surface area contributed by atoms with Gasteiger partial charge >= 0.3 is 5.97 Å². The van der Waals surface area contributed by atoms with Crippen molar-refractivity contribution >= 4 is 29.1 Å². The number of hydrogen-bond acceptors (Lipinski definition) is 6. The molecule has 0 aromatic rings. The second kappa shape index (κ2) is 7.69. The first-order chi connectivity index (χ1) is 15.7. The van der Waals surface area contributed by atoms with E-state index in [0.717, 1.165) is 0 Å². The molecule has 4 rings (SSSR count). The lowest BCUT2D eigenvalue weighted by Crippen LogP contribution is -2.59. The summed E-state index contributed by atoms with van der Waals surface area (Å²) in [6.45, 7) is 11.7. The van der Waals surface area contributed by atoms with Crippen molar-refractivity contribution in [1.82, 2.24) is 0 Å². The van der Waals surface area contributed by atoms with Crippen LogP contribution in [0.2, 0.25) is 0 Å². The van der Waals surface area contributed by atoms with Crippen LogP contribution >= 0.6 is 0 Å². The smallest absolute Gasteiger partial charge is 0.305 e. The van der Waals surface area contributed by atoms with Crippen LogP contribution in [0.1, 0.15) is 86.5 Å². The van der Waals surface area contributed by atoms with Crippen LogP contribution in [0.5, 0.6) is 0 Å². The average molecular weight is 471 g/mol. The number of rotatable bonds is 4. The molecule has 0 heterocycles. The molecule has 0 aliphatic heterocycles. The second-order valence-corrected chi connectivity index (χ2v) is 12.5. The summed E-state index contributed by atoms with van der Waals surface area (Å²) in [5, 5.41) is 0. The van der Waals surface area contributed by atoms with E-state index in [1.165, 1.54) is 7.11 Å². The lowest BCUT2D eigenvalue weighted by atomic mass is 9.43. The predicted molar refractivity (Wildman–Crippen MR) is 126 cm³/mol. The molecule has 6 heteroatoms. The summed E-state index contributed by atoms with van der Waals surface area (Å²) in [7, 11) is 1.36. The van der Waals surface area contributed by atoms with Crippen molar-refractivity contribution in [2.75, 3.05) is 7.11 Å². The number of fused-ring (bicyclic) bond motifs is 4. The molecule has 0 radical (unpaired) electrons. The maximum atomic E-state index is 13.9. The number of carbonyl (C=O) groups excluding carboxylic acids is 5. The lowest BCUT2D eigenvalue weighted by Gasteiger charge is -2.58. The van der Waals surface area contributed by atoms with E-state index in [0.29, 0.717) is 36.8 Å². The van der Waals surface area contributed by atoms with E-state index in [1.807, 2.05) is 41.5 Å². The number of ether oxygens (including phenoxy) is 1. The third kappa shape index (κ3) is 3.02. The van der Waals surface area contributed by atoms with Crippen LogP contribution in [0.4, 0.5) is 0 Å². The van der Waals surface area contributed by atoms with Crippen molar-refractivity contribution in [3.05, 3.63) is 11.1 Å². The molecule has 4 aliphatic rings. The van der Waals surface area contributed by atoms with Gasteiger partial charge in [0.25, 0.3) is 0 Å². The SMILES string of the molecule is COC(=O)CCC(C)C1CC(=O)C2(C)C3=C(C(=O)CC12C)C1(C)CCC(=O)C(C)(C)C1CC3=O. The molecule has 6 atom stereocenters. The Balaban J connectivity index is 1.83. The summed E-state index contributed by atoms with van der Waals surface area (Å²) >= 11 is 0. The molecule has 2 saturated carbocycles. The summed E-state index contributed by atoms with van der Waals surface area (Å²) in [6, 6.07) is 0. The molecule has 6 unspecified atom stereocenters. The van der Waals surface area contributed by atoms with Gasteiger partial charge in [0.05, 0.1) is 12.5 Å². The molecule has 6 nitrogen and oxygen atoms in total. The molecule has 4 aliphatic carbocycles. The number of methoxy groups -OCH3 is 1. The Morgan fingerprint density at radius 3 is 2.24 bits per heavy atom. The van der Waals surface area contributed by atoms with Crippen molar-refractivity contribution < 1.29 is 28.7 Å². The maximum Gasteiger partial charge on any atom is 0.305 e. The Morgan fingerprint density at radius 2 is 1.62 bits per heavy atom. The number of carbonyl (C=O) groups is 5. The molecule has 2 fully saturated rings. The van der Waals surface area contributed by atoms with Gasteiger partial charge in [-0.2, -0.15) is 0 Å². The van der Waals surface area contributed by atoms with E-state index in [1.54, 1.807) is 0 Å². The molecule has 0 aromatic carbocycles. The Morgan fingerprint density at radius 1 is 0.971 bits per heavy atom. The molecule has 0 aromatic heterocycles. The van der Waals surface area contributed by atoms with Crippen LogP contribution in [0, 0.1) is 39.4 Å². The quantitative estimate of drug-likeness (QED) is 0.564. The van der Waals surface area contributed by atoms with Gasteiger partial charge in [-0.3, -0.25) is 24.0 Å². The first-order valence-electron chi connectivity index (χ1n) is 12.6. The van der Waals surface area contributed by atoms with Crippen LogP contribution in [-0.2, 0) is 28.7 Å². The maximum absolute atomic E-state index is 13.9. The molecule has 186 valence electrons. The Labute approximate surface area is 202 Å². The van der Waals surface area contributed by atoms with Gasteiger partial charge in [0.2, 0.25) is 0 Å². The lowest BCUT2D eigenvalue weighted by molar-refractivity contribution is -0.147. The van der Waals surface area contributed by atoms with E-state index in [9.17, 15) is 24.0 Å². The molecule has 34 heavy (non-hydrogen) atoms. The Hall–Kier alpha value is -2.11. The fourth-order valence-electron chi connectivity index (χ4n) is 8.29. The molecule has 0 spiro atoms. The fraction of sp³-hybridized carbons (Fsp3) is 0.750. The van der Waals surface area contributed by atoms with Gasteiger partial charge in [-0.25, -0.2) is 0 Å². The number of hydrogen-bond donors (Lipinski definition) is 0. The number of ketones is 4. The van der Waals surface area contributed by atoms with E-state index in [4.69, 9.17) is 4.74 Å². The highest BCUT2D eigenvalue weighted by Gasteiger charge is 2.70. The monoisotopic (exact) mass is 470 g/mol. The standard InChI is InChI=1S/C28H38O6/c1-15(8-9-22(33)34-7)16-12-21(32)28(6)24-17(29)13-19-25(2,3)20(31)10-11-26(19,4)23(24)18(30)14-27(16,28)5/h15-16,19H,8-14H2,1-7H3. The Bertz CT molecular complexity index is 1030. The zero-order chi connectivity index (χ0) is 25.4. The number of Topliss-reactive ketones (excluding diaryl/α,β-unsaturated/α-hetero) is 4. The first kappa shape index (κ1) is 25.0. The molecule has 0 amide bonds. The normalized spacial score (nSPS) is 40.0. The third-order valence-corrected chi connectivity index (χ3v) is 10.7. The highest BCUT2D eigenvalue weighted by atomic mass is 16.5. The van der Waals surface area contributed by atoms with Gasteiger partial charge in [0.15, 0.2) is 11.6 Å². The van der Waals surface area contributed by atoms with Crippen molar-refractivity contribution in [2.24, 2.45) is 39.4 Å². The zero-order valence-corrected chi connectivity index (χ0v) is 21.6. The van der Waals surface area contributed by atoms with Crippen molar-refractivity contribution in [3.8, 4) is 0 Å². The summed E-state index contributed by atoms with van der Waals surface area (Å²) in [6.07, 6.45) is 2.47. The van der Waals surface area contributed by atoms with Crippen LogP contribution in [-0.4, -0.2) is 36.2 Å². The van der Waals surface area contributed by atoms with Gasteiger partial charge in [-0.1, -0.05) is 34.6 Å². The van der Waals surface area contributed by atoms with E-state index < -0.39 is 21.7 Å². The minimum atomic E-state index is -1.03. The van der Waals surface area contributed by atoms with Crippen LogP contribution in [0.15, 0.2) is 11.1 Å². The molecule has 0 saturated heterocycles. The van der Waals surface area contributed by atoms with Gasteiger partial charge in [0.1, 0.15) is 11.6 Å². The zero-order valence-electron chi connectivity index (χ0n) is 21.6. The van der Waals surface area contributed by atoms with Gasteiger partial charge in [-0.15, -0.1) is 0 Å². The van der Waals surface area contributed by atoms with Gasteiger partial charge < -0.3 is 4.74 Å². The first-order valence-corrected chi connectivity index (χ1v) is 12.6. The molecule has 0 bridgehead atoms. The van der Waals surface area contributed by atoms with Crippen molar-refractivity contribution in [2.45, 2.75) is 86.5 Å². The number of allylic oxidation sites excluding steroid dienone is 2. The van der Waals surface area contributed by atoms with Crippen LogP contribution in [0.25, 0.3) is 0 Å². The highest BCUT2D eigenvalue weighted by molar-refractivity contribution is 6.16. The van der Waals surface area contributed by atoms with Crippen LogP contribution in [0.3, 0.4) is 0 Å². The molecular weight excluding hydrogens is 432 g/mol. The topological polar surface area (TPSA) is 94.6 Å². The minimum absolute atomic E-state index is 0.0199. The molecule has 0 N–H and O–H groups in total. The van der Waals surface area contributed by atoms with Crippen LogP contribution < -0.4 is 0 Å². The summed E-state index contributed by atoms with van der Waals surface area (Å²) in [5.74, 6) is -0.623. The predicted octanol–water partition coefficient (Wildman–Crippen LogP) is 4.43. The largest absolute Gasteiger partial charge is 0.469 e. The minimum Gasteiger partial charge on any atom is -0.469 e. The summed E-state index contributed by atoms with van der Waals surface area (Å²) < 4.78 is 4.79. The van der Waals surface area contributed by atoms with E-state index in [-0.39, 0.29) is 66.1 Å². The summed E-state index contributed by atoms with van der Waals surface area (Å²) in [5.41, 5.74) is -2.02. The average Bonchev–Trinajstić information content (AvgIpc) is 2.97. The van der Waals surface area contributed by atoms with E-state index >= 15 is 0 Å². The van der Waals surface area contributed by atoms with Crippen molar-refractivity contribution in [3.63, 3.8) is 0 Å². The van der Waals surface area contributed by atoms with Crippen molar-refractivity contribution in [1.29, 1.82) is 0 Å². The Kier molecular flexibility index (Phi) is 5.66. The summed E-state index contributed by atoms with van der Waals surface area (Å²) in [4.78, 5) is 66.0. The molecular formula is C28H38O6. The van der Waals surface area contributed by atoms with Gasteiger partial charge in [-0.05, 0) is 42.9 Å². The fourth-order valence-corrected chi connectivity index (χ4v) is 8.29. The second-order valence-electron chi connectivity index (χ2n) is 12.5. The number of esters is 1. The highest BCUT2D eigenvalue weighted by Crippen LogP contribution is 2.69. The third-order valence-electron chi connectivity index (χ3n) is 10.7. The van der Waals surface area contributed by atoms with E-state index in [2.05, 4.69) is 0 Å². The van der Waals surface area contributed by atoms with Gasteiger partial charge in [0, 0.05) is 54.1 Å².